The molecule has 86 valence electrons. The summed E-state index contributed by atoms with van der Waals surface area (Å²) in [5.74, 6) is 0.778. The lowest BCUT2D eigenvalue weighted by atomic mass is 9.85. The van der Waals surface area contributed by atoms with Gasteiger partial charge in [-0.25, -0.2) is 9.79 Å². The van der Waals surface area contributed by atoms with Gasteiger partial charge in [0, 0.05) is 5.92 Å². The van der Waals surface area contributed by atoms with Crippen molar-refractivity contribution in [3.63, 3.8) is 0 Å². The van der Waals surface area contributed by atoms with Gasteiger partial charge in [0.2, 0.25) is 6.08 Å². The standard InChI is InChI=1S/C14H19NO/c1-10(2)14(8-15-9-16)13-6-5-11(3)7-12(13)4/h5-7,10,14H,8H2,1-4H3. The monoisotopic (exact) mass is 217 g/mol. The highest BCUT2D eigenvalue weighted by atomic mass is 16.1. The highest BCUT2D eigenvalue weighted by molar-refractivity contribution is 5.36. The molecular formula is C14H19NO. The minimum atomic E-state index is 0.307. The van der Waals surface area contributed by atoms with Crippen LogP contribution in [0.3, 0.4) is 0 Å². The molecule has 0 aliphatic rings. The lowest BCUT2D eigenvalue weighted by Gasteiger charge is -2.21. The van der Waals surface area contributed by atoms with Gasteiger partial charge in [-0.05, 0) is 30.9 Å². The first-order valence-corrected chi connectivity index (χ1v) is 5.67. The van der Waals surface area contributed by atoms with E-state index in [0.29, 0.717) is 18.4 Å². The maximum Gasteiger partial charge on any atom is 0.234 e. The molecule has 1 unspecified atom stereocenters. The number of nitrogens with zero attached hydrogens (tertiary/aromatic N) is 1. The second kappa shape index (κ2) is 5.62. The molecular weight excluding hydrogens is 198 g/mol. The average Bonchev–Trinajstić information content (AvgIpc) is 2.20. The van der Waals surface area contributed by atoms with Crippen LogP contribution in [-0.2, 0) is 4.79 Å². The van der Waals surface area contributed by atoms with Crippen molar-refractivity contribution < 1.29 is 4.79 Å². The predicted molar refractivity (Wildman–Crippen MR) is 66.5 cm³/mol. The highest BCUT2D eigenvalue weighted by Crippen LogP contribution is 2.27. The molecule has 2 heteroatoms. The maximum atomic E-state index is 10.2. The van der Waals surface area contributed by atoms with Crippen molar-refractivity contribution in [3.05, 3.63) is 34.9 Å². The Labute approximate surface area is 97.4 Å². The molecule has 0 bridgehead atoms. The van der Waals surface area contributed by atoms with Gasteiger partial charge in [0.15, 0.2) is 0 Å². The lowest BCUT2D eigenvalue weighted by molar-refractivity contribution is 0.500. The van der Waals surface area contributed by atoms with Crippen molar-refractivity contribution in [2.24, 2.45) is 10.9 Å². The van der Waals surface area contributed by atoms with Gasteiger partial charge in [-0.2, -0.15) is 0 Å². The van der Waals surface area contributed by atoms with E-state index in [-0.39, 0.29) is 0 Å². The molecule has 1 rings (SSSR count). The summed E-state index contributed by atoms with van der Waals surface area (Å²) in [6, 6.07) is 6.44. The summed E-state index contributed by atoms with van der Waals surface area (Å²) < 4.78 is 0. The van der Waals surface area contributed by atoms with E-state index in [1.54, 1.807) is 6.08 Å². The van der Waals surface area contributed by atoms with Crippen molar-refractivity contribution in [3.8, 4) is 0 Å². The summed E-state index contributed by atoms with van der Waals surface area (Å²) in [5.41, 5.74) is 3.84. The van der Waals surface area contributed by atoms with Crippen LogP contribution >= 0.6 is 0 Å². The number of rotatable bonds is 4. The Morgan fingerprint density at radius 3 is 2.50 bits per heavy atom. The Morgan fingerprint density at radius 1 is 1.31 bits per heavy atom. The molecule has 0 spiro atoms. The first kappa shape index (κ1) is 12.7. The highest BCUT2D eigenvalue weighted by Gasteiger charge is 2.17. The Kier molecular flexibility index (Phi) is 4.45. The van der Waals surface area contributed by atoms with Crippen LogP contribution in [0.1, 0.15) is 36.5 Å². The number of aryl methyl sites for hydroxylation is 2. The van der Waals surface area contributed by atoms with Crippen molar-refractivity contribution in [1.29, 1.82) is 0 Å². The van der Waals surface area contributed by atoms with Gasteiger partial charge in [0.1, 0.15) is 0 Å². The molecule has 0 radical (unpaired) electrons. The molecule has 16 heavy (non-hydrogen) atoms. The SMILES string of the molecule is Cc1ccc(C(CN=C=O)C(C)C)c(C)c1. The van der Waals surface area contributed by atoms with Crippen molar-refractivity contribution in [2.75, 3.05) is 6.54 Å². The van der Waals surface area contributed by atoms with Crippen molar-refractivity contribution in [2.45, 2.75) is 33.6 Å². The molecule has 1 aromatic rings. The Balaban J connectivity index is 3.05. The van der Waals surface area contributed by atoms with Crippen LogP contribution in [0, 0.1) is 19.8 Å². The van der Waals surface area contributed by atoms with E-state index in [4.69, 9.17) is 0 Å². The Hall–Kier alpha value is -1.40. The van der Waals surface area contributed by atoms with Gasteiger partial charge in [-0.3, -0.25) is 0 Å². The molecule has 2 nitrogen and oxygen atoms in total. The summed E-state index contributed by atoms with van der Waals surface area (Å²) in [4.78, 5) is 13.9. The summed E-state index contributed by atoms with van der Waals surface area (Å²) in [5, 5.41) is 0. The van der Waals surface area contributed by atoms with Crippen LogP contribution in [0.4, 0.5) is 0 Å². The topological polar surface area (TPSA) is 29.4 Å². The summed E-state index contributed by atoms with van der Waals surface area (Å²) >= 11 is 0. The number of aliphatic imine (C=N–C) groups is 1. The van der Waals surface area contributed by atoms with E-state index in [9.17, 15) is 4.79 Å². The van der Waals surface area contributed by atoms with E-state index >= 15 is 0 Å². The van der Waals surface area contributed by atoms with Crippen LogP contribution < -0.4 is 0 Å². The average molecular weight is 217 g/mol. The first-order chi connectivity index (χ1) is 7.56. The van der Waals surface area contributed by atoms with E-state index in [0.717, 1.165) is 0 Å². The molecule has 0 N–H and O–H groups in total. The van der Waals surface area contributed by atoms with Crippen LogP contribution in [0.25, 0.3) is 0 Å². The number of hydrogen-bond donors (Lipinski definition) is 0. The molecule has 0 aliphatic heterocycles. The fourth-order valence-electron chi connectivity index (χ4n) is 2.05. The molecule has 0 fully saturated rings. The normalized spacial score (nSPS) is 12.3. The minimum Gasteiger partial charge on any atom is -0.211 e. The number of isocyanates is 1. The van der Waals surface area contributed by atoms with Gasteiger partial charge in [-0.15, -0.1) is 0 Å². The van der Waals surface area contributed by atoms with E-state index in [2.05, 4.69) is 50.9 Å². The third kappa shape index (κ3) is 3.04. The van der Waals surface area contributed by atoms with Gasteiger partial charge < -0.3 is 0 Å². The van der Waals surface area contributed by atoms with E-state index in [1.165, 1.54) is 16.7 Å². The van der Waals surface area contributed by atoms with Crippen LogP contribution in [-0.4, -0.2) is 12.6 Å². The molecule has 0 saturated heterocycles. The molecule has 0 aromatic heterocycles. The molecule has 0 amide bonds. The second-order valence-corrected chi connectivity index (χ2v) is 4.64. The second-order valence-electron chi connectivity index (χ2n) is 4.64. The van der Waals surface area contributed by atoms with Gasteiger partial charge in [0.25, 0.3) is 0 Å². The van der Waals surface area contributed by atoms with E-state index < -0.39 is 0 Å². The summed E-state index contributed by atoms with van der Waals surface area (Å²) in [6.45, 7) is 9.05. The van der Waals surface area contributed by atoms with Crippen molar-refractivity contribution in [1.82, 2.24) is 0 Å². The Morgan fingerprint density at radius 2 is 2.00 bits per heavy atom. The zero-order valence-corrected chi connectivity index (χ0v) is 10.4. The third-order valence-electron chi connectivity index (χ3n) is 2.98. The van der Waals surface area contributed by atoms with Crippen LogP contribution in [0.15, 0.2) is 23.2 Å². The molecule has 0 saturated carbocycles. The summed E-state index contributed by atoms with van der Waals surface area (Å²) in [6.07, 6.45) is 1.63. The van der Waals surface area contributed by atoms with Crippen LogP contribution in [0.2, 0.25) is 0 Å². The molecule has 1 aromatic carbocycles. The number of hydrogen-bond acceptors (Lipinski definition) is 2. The molecule has 1 atom stereocenters. The Bertz CT molecular complexity index is 403. The van der Waals surface area contributed by atoms with Crippen LogP contribution in [0.5, 0.6) is 0 Å². The fraction of sp³-hybridized carbons (Fsp3) is 0.500. The predicted octanol–water partition coefficient (Wildman–Crippen LogP) is 3.38. The minimum absolute atomic E-state index is 0.307. The third-order valence-corrected chi connectivity index (χ3v) is 2.98. The number of carbonyl (C=O) groups excluding carboxylic acids is 1. The smallest absolute Gasteiger partial charge is 0.211 e. The summed E-state index contributed by atoms with van der Waals surface area (Å²) in [7, 11) is 0. The van der Waals surface area contributed by atoms with E-state index in [1.807, 2.05) is 0 Å². The largest absolute Gasteiger partial charge is 0.234 e. The lowest BCUT2D eigenvalue weighted by Crippen LogP contribution is -2.11. The number of benzene rings is 1. The van der Waals surface area contributed by atoms with Gasteiger partial charge in [0.05, 0.1) is 6.54 Å². The fourth-order valence-corrected chi connectivity index (χ4v) is 2.05. The zero-order valence-electron chi connectivity index (χ0n) is 10.4. The maximum absolute atomic E-state index is 10.2. The van der Waals surface area contributed by atoms with Crippen molar-refractivity contribution >= 4 is 6.08 Å². The quantitative estimate of drug-likeness (QED) is 0.561. The van der Waals surface area contributed by atoms with Gasteiger partial charge in [-0.1, -0.05) is 37.6 Å². The molecule has 0 aliphatic carbocycles. The molecule has 0 heterocycles. The zero-order chi connectivity index (χ0) is 12.1. The van der Waals surface area contributed by atoms with Gasteiger partial charge >= 0.3 is 0 Å². The first-order valence-electron chi connectivity index (χ1n) is 5.67.